The molecule has 0 N–H and O–H groups in total. The van der Waals surface area contributed by atoms with Crippen molar-refractivity contribution in [1.29, 1.82) is 0 Å². The summed E-state index contributed by atoms with van der Waals surface area (Å²) in [5.41, 5.74) is 5.70. The molecule has 1 saturated heterocycles. The molecule has 2 aromatic carbocycles. The van der Waals surface area contributed by atoms with Crippen LogP contribution in [-0.4, -0.2) is 36.7 Å². The Hall–Kier alpha value is -2.49. The van der Waals surface area contributed by atoms with Crippen molar-refractivity contribution in [2.75, 3.05) is 18.0 Å². The van der Waals surface area contributed by atoms with Gasteiger partial charge < -0.3 is 4.90 Å². The van der Waals surface area contributed by atoms with Crippen molar-refractivity contribution in [3.05, 3.63) is 78.8 Å². The molecule has 0 spiro atoms. The van der Waals surface area contributed by atoms with Gasteiger partial charge in [-0.25, -0.2) is 13.4 Å². The summed E-state index contributed by atoms with van der Waals surface area (Å²) in [5, 5.41) is 13.5. The zero-order chi connectivity index (χ0) is 24.6. The van der Waals surface area contributed by atoms with E-state index < -0.39 is 25.7 Å². The minimum absolute atomic E-state index is 0.0533. The van der Waals surface area contributed by atoms with E-state index in [0.29, 0.717) is 25.9 Å². The first-order valence-corrected chi connectivity index (χ1v) is 13.8. The molecule has 1 aromatic heterocycles. The number of benzene rings is 2. The van der Waals surface area contributed by atoms with Crippen molar-refractivity contribution in [3.63, 3.8) is 0 Å². The number of thiazole rings is 1. The number of hydrogen-bond acceptors (Lipinski definition) is 7. The molecule has 0 atom stereocenters. The van der Waals surface area contributed by atoms with Crippen LogP contribution in [0.4, 0.5) is 10.8 Å². The van der Waals surface area contributed by atoms with Crippen molar-refractivity contribution < 1.29 is 13.3 Å². The molecule has 1 aliphatic heterocycles. The number of halogens is 1. The number of nitrogens with zero attached hydrogens (tertiary/aromatic N) is 3. The minimum atomic E-state index is -3.70. The molecule has 0 aliphatic carbocycles. The molecule has 180 valence electrons. The first-order chi connectivity index (χ1) is 16.1. The minimum Gasteiger partial charge on any atom is -0.348 e. The van der Waals surface area contributed by atoms with Crippen LogP contribution in [0.25, 0.3) is 0 Å². The largest absolute Gasteiger partial charge is 0.348 e. The summed E-state index contributed by atoms with van der Waals surface area (Å²) >= 11 is 7.42. The van der Waals surface area contributed by atoms with E-state index in [4.69, 9.17) is 16.6 Å². The van der Waals surface area contributed by atoms with Crippen molar-refractivity contribution in [2.45, 2.75) is 50.2 Å². The number of nitro groups is 1. The molecule has 7 nitrogen and oxygen atoms in total. The monoisotopic (exact) mass is 519 g/mol. The predicted molar refractivity (Wildman–Crippen MR) is 136 cm³/mol. The number of rotatable bonds is 6. The second kappa shape index (κ2) is 9.64. The molecular formula is C24H26ClN3O4S2. The number of sulfone groups is 1. The first kappa shape index (κ1) is 24.6. The van der Waals surface area contributed by atoms with Crippen molar-refractivity contribution in [1.82, 2.24) is 4.98 Å². The lowest BCUT2D eigenvalue weighted by molar-refractivity contribution is -0.384. The van der Waals surface area contributed by atoms with Crippen LogP contribution in [0.15, 0.2) is 40.6 Å². The van der Waals surface area contributed by atoms with Crippen LogP contribution in [-0.2, 0) is 16.3 Å². The van der Waals surface area contributed by atoms with Crippen LogP contribution < -0.4 is 4.90 Å². The number of aromatic nitrogens is 1. The Kier molecular flexibility index (Phi) is 6.98. The van der Waals surface area contributed by atoms with Gasteiger partial charge in [0.15, 0.2) is 15.0 Å². The summed E-state index contributed by atoms with van der Waals surface area (Å²) in [4.78, 5) is 17.4. The third kappa shape index (κ3) is 4.96. The van der Waals surface area contributed by atoms with Gasteiger partial charge in [0.05, 0.1) is 20.8 Å². The van der Waals surface area contributed by atoms with Crippen molar-refractivity contribution >= 4 is 43.6 Å². The summed E-state index contributed by atoms with van der Waals surface area (Å²) in [5.74, 6) is 0. The molecule has 1 aliphatic rings. The van der Waals surface area contributed by atoms with Crippen LogP contribution in [0.5, 0.6) is 0 Å². The maximum atomic E-state index is 13.1. The molecule has 10 heteroatoms. The third-order valence-electron chi connectivity index (χ3n) is 6.33. The number of piperidine rings is 1. The van der Waals surface area contributed by atoms with Gasteiger partial charge in [-0.15, -0.1) is 11.3 Å². The van der Waals surface area contributed by atoms with Crippen LogP contribution in [0.1, 0.15) is 40.8 Å². The van der Waals surface area contributed by atoms with E-state index in [1.165, 1.54) is 34.4 Å². The lowest BCUT2D eigenvalue weighted by Gasteiger charge is -2.31. The Labute approximate surface area is 208 Å². The summed E-state index contributed by atoms with van der Waals surface area (Å²) < 4.78 is 26.2. The molecule has 3 aromatic rings. The van der Waals surface area contributed by atoms with Gasteiger partial charge in [0, 0.05) is 31.0 Å². The van der Waals surface area contributed by atoms with Gasteiger partial charge in [0.1, 0.15) is 5.02 Å². The third-order valence-corrected chi connectivity index (χ3v) is 9.86. The summed E-state index contributed by atoms with van der Waals surface area (Å²) in [6.45, 7) is 7.49. The zero-order valence-electron chi connectivity index (χ0n) is 19.2. The molecule has 0 amide bonds. The Morgan fingerprint density at radius 2 is 1.79 bits per heavy atom. The fourth-order valence-corrected chi connectivity index (χ4v) is 7.37. The van der Waals surface area contributed by atoms with Gasteiger partial charge in [-0.2, -0.15) is 0 Å². The molecule has 34 heavy (non-hydrogen) atoms. The number of aryl methyl sites for hydroxylation is 3. The van der Waals surface area contributed by atoms with Gasteiger partial charge >= 0.3 is 0 Å². The molecule has 1 fully saturated rings. The fourth-order valence-electron chi connectivity index (χ4n) is 4.55. The SMILES string of the molecule is Cc1cc(C)c(Cc2csc(N3CCC(S(=O)(=O)c4ccc(Cl)c([N+](=O)[O-])c4)CC3)n2)c(C)c1. The predicted octanol–water partition coefficient (Wildman–Crippen LogP) is 5.66. The Bertz CT molecular complexity index is 1320. The molecule has 0 bridgehead atoms. The lowest BCUT2D eigenvalue weighted by Crippen LogP contribution is -2.39. The van der Waals surface area contributed by atoms with Gasteiger partial charge in [-0.05, 0) is 62.4 Å². The molecule has 0 unspecified atom stereocenters. The van der Waals surface area contributed by atoms with Gasteiger partial charge in [0.2, 0.25) is 0 Å². The average Bonchev–Trinajstić information content (AvgIpc) is 3.25. The maximum Gasteiger partial charge on any atom is 0.289 e. The molecule has 2 heterocycles. The Morgan fingerprint density at radius 1 is 1.15 bits per heavy atom. The highest BCUT2D eigenvalue weighted by Gasteiger charge is 2.33. The van der Waals surface area contributed by atoms with E-state index in [-0.39, 0.29) is 9.92 Å². The molecule has 0 radical (unpaired) electrons. The number of hydrogen-bond donors (Lipinski definition) is 0. The second-order valence-electron chi connectivity index (χ2n) is 8.78. The Morgan fingerprint density at radius 3 is 2.41 bits per heavy atom. The average molecular weight is 520 g/mol. The number of anilines is 1. The van der Waals surface area contributed by atoms with Crippen LogP contribution >= 0.6 is 22.9 Å². The van der Waals surface area contributed by atoms with Crippen molar-refractivity contribution in [3.8, 4) is 0 Å². The highest BCUT2D eigenvalue weighted by atomic mass is 35.5. The van der Waals surface area contributed by atoms with Gasteiger partial charge in [-0.3, -0.25) is 10.1 Å². The van der Waals surface area contributed by atoms with E-state index in [1.807, 2.05) is 0 Å². The fraction of sp³-hybridized carbons (Fsp3) is 0.375. The highest BCUT2D eigenvalue weighted by molar-refractivity contribution is 7.92. The van der Waals surface area contributed by atoms with Gasteiger partial charge in [-0.1, -0.05) is 29.3 Å². The lowest BCUT2D eigenvalue weighted by atomic mass is 9.96. The van der Waals surface area contributed by atoms with Crippen LogP contribution in [0.3, 0.4) is 0 Å². The summed E-state index contributed by atoms with van der Waals surface area (Å²) in [6.07, 6.45) is 1.64. The van der Waals surface area contributed by atoms with Crippen LogP contribution in [0, 0.1) is 30.9 Å². The van der Waals surface area contributed by atoms with E-state index in [2.05, 4.69) is 43.2 Å². The Balaban J connectivity index is 1.44. The second-order valence-corrected chi connectivity index (χ2v) is 12.2. The van der Waals surface area contributed by atoms with E-state index in [9.17, 15) is 18.5 Å². The van der Waals surface area contributed by atoms with Crippen molar-refractivity contribution in [2.24, 2.45) is 0 Å². The zero-order valence-corrected chi connectivity index (χ0v) is 21.6. The number of nitro benzene ring substituents is 1. The van der Waals surface area contributed by atoms with E-state index in [1.54, 1.807) is 11.3 Å². The highest BCUT2D eigenvalue weighted by Crippen LogP contribution is 2.33. The first-order valence-electron chi connectivity index (χ1n) is 11.0. The maximum absolute atomic E-state index is 13.1. The molecule has 0 saturated carbocycles. The molecular weight excluding hydrogens is 494 g/mol. The topological polar surface area (TPSA) is 93.4 Å². The van der Waals surface area contributed by atoms with E-state index in [0.717, 1.165) is 23.3 Å². The summed E-state index contributed by atoms with van der Waals surface area (Å²) in [6, 6.07) is 8.06. The van der Waals surface area contributed by atoms with E-state index >= 15 is 0 Å². The normalized spacial score (nSPS) is 15.0. The van der Waals surface area contributed by atoms with Crippen LogP contribution in [0.2, 0.25) is 5.02 Å². The smallest absolute Gasteiger partial charge is 0.289 e. The summed E-state index contributed by atoms with van der Waals surface area (Å²) in [7, 11) is -3.70. The molecule has 4 rings (SSSR count). The quantitative estimate of drug-likeness (QED) is 0.308. The van der Waals surface area contributed by atoms with Gasteiger partial charge in [0.25, 0.3) is 5.69 Å². The standard InChI is InChI=1S/C24H26ClN3O4S2/c1-15-10-16(2)21(17(3)11-15)12-18-14-33-24(26-18)27-8-6-19(7-9-27)34(31,32)20-4-5-22(25)23(13-20)28(29)30/h4-5,10-11,13-14,19H,6-9,12H2,1-3H3.